The van der Waals surface area contributed by atoms with E-state index in [9.17, 15) is 9.59 Å². The van der Waals surface area contributed by atoms with Crippen molar-refractivity contribution < 1.29 is 13.9 Å². The molecule has 7 nitrogen and oxygen atoms in total. The average molecular weight is 453 g/mol. The van der Waals surface area contributed by atoms with Gasteiger partial charge in [0.1, 0.15) is 11.4 Å². The van der Waals surface area contributed by atoms with Crippen molar-refractivity contribution in [3.8, 4) is 16.9 Å². The lowest BCUT2D eigenvalue weighted by Gasteiger charge is -2.06. The van der Waals surface area contributed by atoms with Gasteiger partial charge in [-0.2, -0.15) is 0 Å². The second-order valence-electron chi connectivity index (χ2n) is 8.72. The second-order valence-corrected chi connectivity index (χ2v) is 8.72. The Balaban J connectivity index is 1.32. The molecule has 34 heavy (non-hydrogen) atoms. The van der Waals surface area contributed by atoms with E-state index in [1.807, 2.05) is 66.7 Å². The van der Waals surface area contributed by atoms with Gasteiger partial charge >= 0.3 is 5.76 Å². The van der Waals surface area contributed by atoms with Gasteiger partial charge in [-0.1, -0.05) is 24.3 Å². The molecule has 1 amide bonds. The van der Waals surface area contributed by atoms with Gasteiger partial charge in [0.05, 0.1) is 19.2 Å². The molecule has 7 heteroatoms. The number of ether oxygens (including phenoxy) is 1. The Morgan fingerprint density at radius 2 is 1.91 bits per heavy atom. The molecule has 0 spiro atoms. The van der Waals surface area contributed by atoms with Crippen LogP contribution in [0.25, 0.3) is 33.1 Å². The normalized spacial score (nSPS) is 13.4. The van der Waals surface area contributed by atoms with Gasteiger partial charge in [-0.3, -0.25) is 9.36 Å². The van der Waals surface area contributed by atoms with Crippen molar-refractivity contribution in [1.29, 1.82) is 0 Å². The zero-order valence-electron chi connectivity index (χ0n) is 18.6. The number of rotatable bonds is 6. The molecular formula is C27H23N3O4. The summed E-state index contributed by atoms with van der Waals surface area (Å²) in [5, 5.41) is 3.96. The molecule has 0 bridgehead atoms. The zero-order valence-corrected chi connectivity index (χ0v) is 18.6. The van der Waals surface area contributed by atoms with Crippen LogP contribution in [0.1, 0.15) is 28.9 Å². The number of fused-ring (bicyclic) bond motifs is 2. The van der Waals surface area contributed by atoms with Gasteiger partial charge in [-0.15, -0.1) is 0 Å². The van der Waals surface area contributed by atoms with Gasteiger partial charge in [0, 0.05) is 16.9 Å². The number of benzene rings is 3. The van der Waals surface area contributed by atoms with Crippen LogP contribution in [0.2, 0.25) is 0 Å². The van der Waals surface area contributed by atoms with E-state index >= 15 is 0 Å². The number of nitrogens with one attached hydrogen (secondary N) is 2. The number of methoxy groups -OCH3 is 1. The van der Waals surface area contributed by atoms with Crippen LogP contribution in [-0.4, -0.2) is 28.6 Å². The van der Waals surface area contributed by atoms with Crippen LogP contribution in [0.3, 0.4) is 0 Å². The predicted molar refractivity (Wildman–Crippen MR) is 130 cm³/mol. The van der Waals surface area contributed by atoms with Crippen LogP contribution in [0, 0.1) is 0 Å². The Kier molecular flexibility index (Phi) is 4.76. The molecule has 1 saturated carbocycles. The van der Waals surface area contributed by atoms with Crippen LogP contribution in [0.15, 0.2) is 75.9 Å². The fourth-order valence-electron chi connectivity index (χ4n) is 4.27. The van der Waals surface area contributed by atoms with Crippen molar-refractivity contribution >= 4 is 27.9 Å². The van der Waals surface area contributed by atoms with Crippen molar-refractivity contribution in [2.75, 3.05) is 7.11 Å². The van der Waals surface area contributed by atoms with Gasteiger partial charge in [0.2, 0.25) is 0 Å². The minimum Gasteiger partial charge on any atom is -0.497 e. The summed E-state index contributed by atoms with van der Waals surface area (Å²) in [6.45, 7) is 0.392. The molecule has 170 valence electrons. The molecule has 2 N–H and O–H groups in total. The third-order valence-corrected chi connectivity index (χ3v) is 6.25. The van der Waals surface area contributed by atoms with Crippen molar-refractivity contribution in [3.63, 3.8) is 0 Å². The Hall–Kier alpha value is -4.26. The van der Waals surface area contributed by atoms with E-state index in [1.54, 1.807) is 11.7 Å². The zero-order chi connectivity index (χ0) is 23.2. The first kappa shape index (κ1) is 20.4. The molecule has 6 rings (SSSR count). The number of oxazole rings is 1. The molecule has 2 aromatic heterocycles. The highest BCUT2D eigenvalue weighted by molar-refractivity contribution is 5.99. The number of aromatic amines is 1. The molecule has 1 aliphatic carbocycles. The topological polar surface area (TPSA) is 89.3 Å². The quantitative estimate of drug-likeness (QED) is 0.390. The molecule has 0 unspecified atom stereocenters. The largest absolute Gasteiger partial charge is 0.497 e. The van der Waals surface area contributed by atoms with E-state index in [2.05, 4.69) is 10.3 Å². The monoisotopic (exact) mass is 453 g/mol. The highest BCUT2D eigenvalue weighted by Gasteiger charge is 2.24. The molecule has 0 saturated heterocycles. The first-order valence-electron chi connectivity index (χ1n) is 11.3. The number of hydrogen-bond donors (Lipinski definition) is 2. The number of nitrogens with zero attached hydrogens (tertiary/aromatic N) is 1. The molecule has 5 aromatic rings. The standard InChI is InChI=1S/C27H23N3O4/c1-33-21-4-2-3-16(11-21)15-30-24-10-6-18(14-25(24)34-27(30)32)17-5-9-22-19(12-17)13-23(29-22)26(31)28-20-7-8-20/h2-6,9-14,20,29H,7-8,15H2,1H3,(H,28,31). The SMILES string of the molecule is COc1cccc(Cn2c(=O)oc3cc(-c4ccc5[nH]c(C(=O)NC6CC6)cc5c4)ccc32)c1. The van der Waals surface area contributed by atoms with Crippen LogP contribution >= 0.6 is 0 Å². The van der Waals surface area contributed by atoms with Gasteiger partial charge in [-0.25, -0.2) is 4.79 Å². The van der Waals surface area contributed by atoms with E-state index in [0.717, 1.165) is 51.7 Å². The summed E-state index contributed by atoms with van der Waals surface area (Å²) in [5.74, 6) is 0.275. The van der Waals surface area contributed by atoms with Crippen LogP contribution in [0.4, 0.5) is 0 Å². The lowest BCUT2D eigenvalue weighted by Crippen LogP contribution is -2.25. The summed E-state index contributed by atoms with van der Waals surface area (Å²) in [5.41, 5.74) is 5.60. The fourth-order valence-corrected chi connectivity index (χ4v) is 4.27. The predicted octanol–water partition coefficient (Wildman–Crippen LogP) is 4.69. The third kappa shape index (κ3) is 3.75. The molecular weight excluding hydrogens is 430 g/mol. The molecule has 0 atom stereocenters. The number of carbonyl (C=O) groups excluding carboxylic acids is 1. The number of H-pyrrole nitrogens is 1. The van der Waals surface area contributed by atoms with Gasteiger partial charge in [-0.05, 0) is 72.0 Å². The van der Waals surface area contributed by atoms with Crippen LogP contribution in [-0.2, 0) is 6.54 Å². The van der Waals surface area contributed by atoms with E-state index in [1.165, 1.54) is 0 Å². The summed E-state index contributed by atoms with van der Waals surface area (Å²) in [6, 6.07) is 21.6. The minimum atomic E-state index is -0.401. The van der Waals surface area contributed by atoms with E-state index < -0.39 is 5.76 Å². The lowest BCUT2D eigenvalue weighted by atomic mass is 10.0. The fraction of sp³-hybridized carbons (Fsp3) is 0.185. The Morgan fingerprint density at radius 1 is 1.09 bits per heavy atom. The smallest absolute Gasteiger partial charge is 0.420 e. The average Bonchev–Trinajstić information content (AvgIpc) is 3.47. The van der Waals surface area contributed by atoms with Crippen molar-refractivity contribution in [2.24, 2.45) is 0 Å². The highest BCUT2D eigenvalue weighted by Crippen LogP contribution is 2.28. The summed E-state index contributed by atoms with van der Waals surface area (Å²) in [7, 11) is 1.62. The number of amides is 1. The number of carbonyl (C=O) groups is 1. The first-order valence-corrected chi connectivity index (χ1v) is 11.3. The molecule has 0 radical (unpaired) electrons. The van der Waals surface area contributed by atoms with E-state index in [0.29, 0.717) is 23.9 Å². The second kappa shape index (κ2) is 7.95. The van der Waals surface area contributed by atoms with Gasteiger partial charge in [0.15, 0.2) is 5.58 Å². The number of hydrogen-bond acceptors (Lipinski definition) is 4. The van der Waals surface area contributed by atoms with Crippen molar-refractivity contribution in [3.05, 3.63) is 88.5 Å². The maximum absolute atomic E-state index is 12.6. The van der Waals surface area contributed by atoms with Gasteiger partial charge < -0.3 is 19.5 Å². The number of aromatic nitrogens is 2. The summed E-state index contributed by atoms with van der Waals surface area (Å²) < 4.78 is 12.5. The highest BCUT2D eigenvalue weighted by atomic mass is 16.5. The Labute approximate surface area is 195 Å². The maximum Gasteiger partial charge on any atom is 0.420 e. The molecule has 0 aliphatic heterocycles. The summed E-state index contributed by atoms with van der Waals surface area (Å²) in [4.78, 5) is 28.2. The third-order valence-electron chi connectivity index (χ3n) is 6.25. The van der Waals surface area contributed by atoms with E-state index in [4.69, 9.17) is 9.15 Å². The van der Waals surface area contributed by atoms with Crippen LogP contribution < -0.4 is 15.8 Å². The molecule has 2 heterocycles. The van der Waals surface area contributed by atoms with Crippen molar-refractivity contribution in [1.82, 2.24) is 14.9 Å². The minimum absolute atomic E-state index is 0.0687. The Bertz CT molecular complexity index is 1600. The summed E-state index contributed by atoms with van der Waals surface area (Å²) in [6.07, 6.45) is 2.10. The Morgan fingerprint density at radius 3 is 2.74 bits per heavy atom. The first-order chi connectivity index (χ1) is 16.6. The van der Waals surface area contributed by atoms with Crippen molar-refractivity contribution in [2.45, 2.75) is 25.4 Å². The molecule has 1 fully saturated rings. The van der Waals surface area contributed by atoms with E-state index in [-0.39, 0.29) is 5.91 Å². The summed E-state index contributed by atoms with van der Waals surface area (Å²) >= 11 is 0. The van der Waals surface area contributed by atoms with Crippen LogP contribution in [0.5, 0.6) is 5.75 Å². The lowest BCUT2D eigenvalue weighted by molar-refractivity contribution is 0.0947. The van der Waals surface area contributed by atoms with Gasteiger partial charge in [0.25, 0.3) is 5.91 Å². The maximum atomic E-state index is 12.6. The molecule has 3 aromatic carbocycles. The molecule has 1 aliphatic rings.